The Kier molecular flexibility index (Phi) is 34.4. The zero-order chi connectivity index (χ0) is 72.9. The molecule has 538 valence electrons. The van der Waals surface area contributed by atoms with Crippen molar-refractivity contribution in [3.8, 4) is 0 Å². The van der Waals surface area contributed by atoms with Gasteiger partial charge in [0.15, 0.2) is 5.78 Å². The van der Waals surface area contributed by atoms with Crippen LogP contribution in [0.4, 0.5) is 55.1 Å². The standard InChI is InChI=1S/C18H26F2N2.C17H26BF2NO2.C11H14BrF2N.C11H14BrNO.C8H12F3NO3S.F4S/c1-14-8-9-17(22(4)13-14)15-6-5-7-16(12-15)18(19,20)10-11-21(2)3;1-15(2)16(3,4)23-18(22-15)14-9-7-8-13(12-14)17(19,20)10-11-21(5)6;1-15(2)7-6-11(13,14)9-4-3-5-10(12)8-9;1-13(2)7-6-11(14)9-4-3-5-10(12)8-9;1-6-3-4-7(12(2)5-6)15-16(13,14)8(9,10)11;1-5(2,3)4/h5-7,9,12,14H,8,10-11,13H2,1-4H3;7-9,12H,10-11H2,1-6H3;3-5,8H,6-7H2,1-2H3;3-5,8H,6-7H2,1-2H3;4,6H,3,5H2,1-2H3;/t14-;;;;6-;/m0...0./s1. The first-order chi connectivity index (χ1) is 43.4. The third kappa shape index (κ3) is 31.6. The lowest BCUT2D eigenvalue weighted by Gasteiger charge is -2.32. The highest BCUT2D eigenvalue weighted by Gasteiger charge is 2.52. The molecule has 0 N–H and O–H groups in total. The Hall–Kier alpha value is -4.40. The molecule has 0 saturated carbocycles. The molecule has 7 rings (SSSR count). The maximum Gasteiger partial charge on any atom is 0.534 e. The Morgan fingerprint density at radius 1 is 0.579 bits per heavy atom. The van der Waals surface area contributed by atoms with E-state index in [9.17, 15) is 68.3 Å². The molecule has 0 spiro atoms. The van der Waals surface area contributed by atoms with E-state index in [1.807, 2.05) is 105 Å². The molecule has 0 bridgehead atoms. The lowest BCUT2D eigenvalue weighted by molar-refractivity contribution is -0.0538. The van der Waals surface area contributed by atoms with Crippen molar-refractivity contribution in [1.82, 2.24) is 29.4 Å². The number of hydrogen-bond acceptors (Lipinski definition) is 12. The minimum Gasteiger partial charge on any atom is -0.399 e. The van der Waals surface area contributed by atoms with Crippen LogP contribution < -0.4 is 5.46 Å². The first-order valence-corrected chi connectivity index (χ1v) is 34.4. The predicted octanol–water partition coefficient (Wildman–Crippen LogP) is 17.1. The lowest BCUT2D eigenvalue weighted by atomic mass is 9.78. The topological polar surface area (TPSA) is 98.3 Å². The number of carbonyl (C=O) groups is 1. The molecule has 0 aliphatic carbocycles. The van der Waals surface area contributed by atoms with Crippen molar-refractivity contribution in [2.75, 3.05) is 110 Å². The Labute approximate surface area is 573 Å². The van der Waals surface area contributed by atoms with Gasteiger partial charge in [-0.1, -0.05) is 134 Å². The van der Waals surface area contributed by atoms with Crippen LogP contribution in [0.2, 0.25) is 0 Å². The van der Waals surface area contributed by atoms with E-state index in [2.05, 4.69) is 53.9 Å². The second-order valence-electron chi connectivity index (χ2n) is 25.5. The summed E-state index contributed by atoms with van der Waals surface area (Å²) in [6.45, 7) is 15.2. The molecular weight excluding hydrogens is 1440 g/mol. The minimum absolute atomic E-state index is 0.00608. The van der Waals surface area contributed by atoms with Gasteiger partial charge in [0.05, 0.1) is 11.2 Å². The molecule has 4 aromatic carbocycles. The molecule has 95 heavy (non-hydrogen) atoms. The van der Waals surface area contributed by atoms with E-state index in [4.69, 9.17) is 9.31 Å². The molecule has 0 radical (unpaired) electrons. The summed E-state index contributed by atoms with van der Waals surface area (Å²) < 4.78 is 199. The van der Waals surface area contributed by atoms with Gasteiger partial charge in [0, 0.05) is 116 Å². The van der Waals surface area contributed by atoms with E-state index >= 15 is 0 Å². The molecule has 2 atom stereocenters. The van der Waals surface area contributed by atoms with E-state index in [1.165, 1.54) is 48.4 Å². The van der Waals surface area contributed by atoms with Gasteiger partial charge in [-0.2, -0.15) is 21.6 Å². The van der Waals surface area contributed by atoms with Crippen molar-refractivity contribution < 1.29 is 81.8 Å². The predicted molar refractivity (Wildman–Crippen MR) is 363 cm³/mol. The summed E-state index contributed by atoms with van der Waals surface area (Å²) in [5, 5.41) is 0. The number of allylic oxidation sites excluding steroid dienone is 2. The van der Waals surface area contributed by atoms with Crippen molar-refractivity contribution in [2.45, 2.75) is 115 Å². The number of benzene rings is 4. The zero-order valence-electron chi connectivity index (χ0n) is 56.7. The Balaban J connectivity index is 0.000000402. The first kappa shape index (κ1) is 86.7. The molecule has 1 fully saturated rings. The van der Waals surface area contributed by atoms with Crippen LogP contribution in [0, 0.1) is 11.8 Å². The first-order valence-electron chi connectivity index (χ1n) is 30.2. The number of alkyl halides is 9. The summed E-state index contributed by atoms with van der Waals surface area (Å²) in [7, 11) is 12.0. The fourth-order valence-corrected chi connectivity index (χ4v) is 10.3. The van der Waals surface area contributed by atoms with Crippen LogP contribution in [0.5, 0.6) is 0 Å². The van der Waals surface area contributed by atoms with Crippen molar-refractivity contribution in [3.63, 3.8) is 0 Å². The van der Waals surface area contributed by atoms with Crippen molar-refractivity contribution in [1.29, 1.82) is 0 Å². The van der Waals surface area contributed by atoms with Gasteiger partial charge in [-0.3, -0.25) is 4.79 Å². The van der Waals surface area contributed by atoms with Gasteiger partial charge < -0.3 is 42.9 Å². The molecule has 0 amide bonds. The summed E-state index contributed by atoms with van der Waals surface area (Å²) in [5.74, 6) is -7.63. The van der Waals surface area contributed by atoms with Gasteiger partial charge in [0.1, 0.15) is 0 Å². The lowest BCUT2D eigenvalue weighted by Crippen LogP contribution is -2.41. The van der Waals surface area contributed by atoms with Crippen LogP contribution in [-0.4, -0.2) is 177 Å². The van der Waals surface area contributed by atoms with E-state index in [0.29, 0.717) is 54.9 Å². The number of ketones is 1. The average molecular weight is 1540 g/mol. The van der Waals surface area contributed by atoms with Gasteiger partial charge >= 0.3 is 34.3 Å². The molecule has 1 saturated heterocycles. The van der Waals surface area contributed by atoms with Crippen molar-refractivity contribution in [3.05, 3.63) is 152 Å². The number of nitrogens with zero attached hydrogens (tertiary/aromatic N) is 6. The van der Waals surface area contributed by atoms with Crippen LogP contribution in [-0.2, 0) is 41.4 Å². The van der Waals surface area contributed by atoms with Crippen molar-refractivity contribution >= 4 is 77.6 Å². The molecule has 4 aromatic rings. The minimum atomic E-state index is -6.17. The van der Waals surface area contributed by atoms with Crippen LogP contribution >= 0.6 is 43.4 Å². The van der Waals surface area contributed by atoms with Gasteiger partial charge in [-0.15, -0.1) is 0 Å². The number of halogens is 15. The highest BCUT2D eigenvalue weighted by molar-refractivity contribution is 9.10. The third-order valence-corrected chi connectivity index (χ3v) is 17.0. The van der Waals surface area contributed by atoms with Crippen LogP contribution in [0.15, 0.2) is 124 Å². The third-order valence-electron chi connectivity index (χ3n) is 15.1. The zero-order valence-corrected chi connectivity index (χ0v) is 61.5. The molecular formula is C65H92BBr2F13N6O6S2. The van der Waals surface area contributed by atoms with Crippen LogP contribution in [0.3, 0.4) is 0 Å². The summed E-state index contributed by atoms with van der Waals surface area (Å²) in [5.41, 5.74) is -2.82. The fourth-order valence-electron chi connectivity index (χ4n) is 8.96. The monoisotopic (exact) mass is 1530 g/mol. The largest absolute Gasteiger partial charge is 0.534 e. The van der Waals surface area contributed by atoms with Gasteiger partial charge in [0.2, 0.25) is 5.88 Å². The Morgan fingerprint density at radius 3 is 1.38 bits per heavy atom. The smallest absolute Gasteiger partial charge is 0.399 e. The maximum atomic E-state index is 14.4. The number of Topliss-reactive ketones (excluding diaryl/α,β-unsaturated/α-hetero) is 1. The number of hydrogen-bond donors (Lipinski definition) is 0. The quantitative estimate of drug-likeness (QED) is 0.0277. The van der Waals surface area contributed by atoms with Gasteiger partial charge in [-0.25, -0.2) is 26.3 Å². The van der Waals surface area contributed by atoms with Gasteiger partial charge in [-0.05, 0) is 156 Å². The summed E-state index contributed by atoms with van der Waals surface area (Å²) >= 11 is 0.372. The molecule has 3 aliphatic heterocycles. The van der Waals surface area contributed by atoms with Gasteiger partial charge in [0.25, 0.3) is 17.8 Å². The fraction of sp³-hybridized carbons (Fsp3) is 0.554. The Morgan fingerprint density at radius 2 is 0.968 bits per heavy atom. The van der Waals surface area contributed by atoms with E-state index in [0.717, 1.165) is 40.8 Å². The maximum absolute atomic E-state index is 14.4. The number of carbonyl (C=O) groups excluding carboxylic acids is 1. The Bertz CT molecular complexity index is 3180. The molecule has 0 unspecified atom stereocenters. The second-order valence-corrected chi connectivity index (χ2v) is 29.5. The highest BCUT2D eigenvalue weighted by atomic mass is 79.9. The van der Waals surface area contributed by atoms with E-state index in [1.54, 1.807) is 79.3 Å². The van der Waals surface area contributed by atoms with Crippen LogP contribution in [0.25, 0.3) is 5.70 Å². The normalized spacial score (nSPS) is 17.6. The molecule has 30 heteroatoms. The second kappa shape index (κ2) is 37.7. The van der Waals surface area contributed by atoms with E-state index < -0.39 is 63.3 Å². The molecule has 3 aliphatic rings. The average Bonchev–Trinajstić information content (AvgIpc) is 1.66. The summed E-state index contributed by atoms with van der Waals surface area (Å²) in [6.07, 6.45) is 5.04. The van der Waals surface area contributed by atoms with E-state index in [-0.39, 0.29) is 53.5 Å². The SMILES string of the molecule is CN(C)CCC(=O)c1cccc(Br)c1.CN(C)CCC(F)(F)c1cccc(B2OC(C)(C)C(C)(C)O2)c1.CN(C)CCC(F)(F)c1cccc(Br)c1.C[C@H]1CC=C(OS(=O)(=O)C(F)(F)F)N(C)C1.C[C@H]1CC=C(c2cccc(C(F)(F)CCN(C)C)c2)N(C)C1.FS(F)(F)F. The van der Waals surface area contributed by atoms with Crippen LogP contribution in [0.1, 0.15) is 113 Å². The molecule has 0 aromatic heterocycles. The van der Waals surface area contributed by atoms with Crippen molar-refractivity contribution in [2.24, 2.45) is 11.8 Å². The molecule has 12 nitrogen and oxygen atoms in total. The summed E-state index contributed by atoms with van der Waals surface area (Å²) in [6, 6.07) is 27.0. The number of rotatable bonds is 20. The molecule has 3 heterocycles. The highest BCUT2D eigenvalue weighted by Crippen LogP contribution is 2.54. The summed E-state index contributed by atoms with van der Waals surface area (Å²) in [4.78, 5) is 22.5.